The first kappa shape index (κ1) is 21.1. The third-order valence-corrected chi connectivity index (χ3v) is 4.83. The summed E-state index contributed by atoms with van der Waals surface area (Å²) >= 11 is 0. The van der Waals surface area contributed by atoms with Crippen LogP contribution >= 0.6 is 0 Å². The summed E-state index contributed by atoms with van der Waals surface area (Å²) in [6.07, 6.45) is 3.89. The number of fused-ring (bicyclic) bond motifs is 1. The second-order valence-electron chi connectivity index (χ2n) is 7.73. The second-order valence-corrected chi connectivity index (χ2v) is 7.73. The zero-order valence-electron chi connectivity index (χ0n) is 16.8. The monoisotopic (exact) mass is 400 g/mol. The van der Waals surface area contributed by atoms with Gasteiger partial charge in [0.1, 0.15) is 11.6 Å². The van der Waals surface area contributed by atoms with Gasteiger partial charge in [-0.05, 0) is 30.9 Å². The molecule has 1 aliphatic heterocycles. The van der Waals surface area contributed by atoms with Crippen LogP contribution in [0.2, 0.25) is 0 Å². The fourth-order valence-corrected chi connectivity index (χ4v) is 3.31. The maximum absolute atomic E-state index is 12.9. The third kappa shape index (κ3) is 5.68. The molecule has 2 aromatic rings. The average molecular weight is 400 g/mol. The largest absolute Gasteiger partial charge is 0.451 e. The van der Waals surface area contributed by atoms with E-state index >= 15 is 0 Å². The quantitative estimate of drug-likeness (QED) is 0.647. The van der Waals surface area contributed by atoms with Crippen molar-refractivity contribution in [1.29, 1.82) is 0 Å². The van der Waals surface area contributed by atoms with Gasteiger partial charge in [0.05, 0.1) is 25.4 Å². The summed E-state index contributed by atoms with van der Waals surface area (Å²) in [7, 11) is 0. The molecule has 1 aliphatic rings. The number of aliphatic hydroxyl groups excluding tert-OH is 1. The van der Waals surface area contributed by atoms with Crippen LogP contribution in [0.5, 0.6) is 0 Å². The summed E-state index contributed by atoms with van der Waals surface area (Å²) < 4.78 is 10.9. The molecule has 0 saturated carbocycles. The molecular weight excluding hydrogens is 372 g/mol. The predicted molar refractivity (Wildman–Crippen MR) is 109 cm³/mol. The van der Waals surface area contributed by atoms with Gasteiger partial charge in [-0.25, -0.2) is 0 Å². The maximum atomic E-state index is 12.9. The van der Waals surface area contributed by atoms with E-state index in [0.717, 1.165) is 5.39 Å². The minimum atomic E-state index is -0.810. The van der Waals surface area contributed by atoms with E-state index in [1.807, 2.05) is 44.2 Å². The van der Waals surface area contributed by atoms with Gasteiger partial charge in [0.2, 0.25) is 5.91 Å². The predicted octanol–water partition coefficient (Wildman–Crippen LogP) is 2.40. The molecule has 0 bridgehead atoms. The van der Waals surface area contributed by atoms with Crippen molar-refractivity contribution in [2.45, 2.75) is 44.9 Å². The van der Waals surface area contributed by atoms with Gasteiger partial charge >= 0.3 is 0 Å². The van der Waals surface area contributed by atoms with Crippen molar-refractivity contribution in [1.82, 2.24) is 10.6 Å². The first-order chi connectivity index (χ1) is 13.9. The highest BCUT2D eigenvalue weighted by atomic mass is 16.5. The van der Waals surface area contributed by atoms with Crippen molar-refractivity contribution in [3.8, 4) is 0 Å². The molecule has 3 rings (SSSR count). The number of benzene rings is 1. The molecule has 0 saturated heterocycles. The lowest BCUT2D eigenvalue weighted by Crippen LogP contribution is -2.53. The normalized spacial score (nSPS) is 20.8. The van der Waals surface area contributed by atoms with Gasteiger partial charge < -0.3 is 24.9 Å². The third-order valence-electron chi connectivity index (χ3n) is 4.83. The lowest BCUT2D eigenvalue weighted by Gasteiger charge is -2.27. The summed E-state index contributed by atoms with van der Waals surface area (Å²) in [5.74, 6) is -0.424. The number of ether oxygens (including phenoxy) is 1. The van der Waals surface area contributed by atoms with E-state index in [4.69, 9.17) is 9.15 Å². The summed E-state index contributed by atoms with van der Waals surface area (Å²) in [5.41, 5.74) is 0.618. The fraction of sp³-hybridized carbons (Fsp3) is 0.455. The van der Waals surface area contributed by atoms with Gasteiger partial charge in [-0.15, -0.1) is 0 Å². The van der Waals surface area contributed by atoms with Gasteiger partial charge in [0.15, 0.2) is 5.76 Å². The lowest BCUT2D eigenvalue weighted by molar-refractivity contribution is -0.125. The van der Waals surface area contributed by atoms with Crippen molar-refractivity contribution < 1.29 is 23.8 Å². The number of nitrogens with one attached hydrogen (secondary N) is 2. The highest BCUT2D eigenvalue weighted by molar-refractivity contribution is 5.98. The van der Waals surface area contributed by atoms with Crippen molar-refractivity contribution >= 4 is 22.8 Å². The van der Waals surface area contributed by atoms with E-state index in [1.165, 1.54) is 0 Å². The molecule has 29 heavy (non-hydrogen) atoms. The van der Waals surface area contributed by atoms with Crippen LogP contribution in [0.25, 0.3) is 11.0 Å². The minimum absolute atomic E-state index is 0.148. The Morgan fingerprint density at radius 1 is 1.24 bits per heavy atom. The number of furan rings is 1. The van der Waals surface area contributed by atoms with E-state index < -0.39 is 24.1 Å². The fourth-order valence-electron chi connectivity index (χ4n) is 3.31. The summed E-state index contributed by atoms with van der Waals surface area (Å²) in [6, 6.07) is 7.80. The Labute approximate surface area is 170 Å². The molecule has 7 heteroatoms. The smallest absolute Gasteiger partial charge is 0.287 e. The first-order valence-corrected chi connectivity index (χ1v) is 9.94. The van der Waals surface area contributed by atoms with Crippen molar-refractivity contribution in [2.24, 2.45) is 5.92 Å². The molecule has 0 radical (unpaired) electrons. The van der Waals surface area contributed by atoms with E-state index in [1.54, 1.807) is 12.1 Å². The number of carbonyl (C=O) groups excluding carboxylic acids is 2. The lowest BCUT2D eigenvalue weighted by atomic mass is 10.0. The highest BCUT2D eigenvalue weighted by Gasteiger charge is 2.28. The molecular formula is C22H28N2O5. The summed E-state index contributed by atoms with van der Waals surface area (Å²) in [5, 5.41) is 16.7. The Morgan fingerprint density at radius 3 is 2.79 bits per heavy atom. The molecule has 1 unspecified atom stereocenters. The summed E-state index contributed by atoms with van der Waals surface area (Å²) in [6.45, 7) is 4.56. The van der Waals surface area contributed by atoms with Crippen LogP contribution in [0.3, 0.4) is 0 Å². The summed E-state index contributed by atoms with van der Waals surface area (Å²) in [4.78, 5) is 25.6. The number of carbonyl (C=O) groups is 2. The Balaban J connectivity index is 1.70. The Hall–Kier alpha value is -2.64. The number of hydrogen-bond acceptors (Lipinski definition) is 5. The highest BCUT2D eigenvalue weighted by Crippen LogP contribution is 2.19. The number of aliphatic hydroxyl groups is 1. The Kier molecular flexibility index (Phi) is 7.06. The van der Waals surface area contributed by atoms with Crippen LogP contribution < -0.4 is 10.6 Å². The van der Waals surface area contributed by atoms with Crippen LogP contribution in [-0.4, -0.2) is 48.3 Å². The molecule has 0 aliphatic carbocycles. The average Bonchev–Trinajstić information content (AvgIpc) is 3.11. The van der Waals surface area contributed by atoms with Gasteiger partial charge in [0.25, 0.3) is 5.91 Å². The first-order valence-electron chi connectivity index (χ1n) is 9.94. The Morgan fingerprint density at radius 2 is 2.03 bits per heavy atom. The molecule has 7 nitrogen and oxygen atoms in total. The van der Waals surface area contributed by atoms with Crippen molar-refractivity contribution in [2.75, 3.05) is 13.2 Å². The Bertz CT molecular complexity index is 840. The van der Waals surface area contributed by atoms with E-state index in [0.29, 0.717) is 25.0 Å². The molecule has 1 aromatic carbocycles. The van der Waals surface area contributed by atoms with Crippen molar-refractivity contribution in [3.05, 3.63) is 48.2 Å². The number of rotatable bonds is 6. The van der Waals surface area contributed by atoms with E-state index in [2.05, 4.69) is 10.6 Å². The van der Waals surface area contributed by atoms with Crippen LogP contribution in [0.4, 0.5) is 0 Å². The van der Waals surface area contributed by atoms with Gasteiger partial charge in [-0.3, -0.25) is 9.59 Å². The van der Waals surface area contributed by atoms with E-state index in [-0.39, 0.29) is 24.2 Å². The van der Waals surface area contributed by atoms with Gasteiger partial charge in [-0.1, -0.05) is 44.2 Å². The van der Waals surface area contributed by atoms with Crippen LogP contribution in [0.15, 0.2) is 46.9 Å². The van der Waals surface area contributed by atoms with Crippen LogP contribution in [-0.2, 0) is 9.53 Å². The van der Waals surface area contributed by atoms with E-state index in [9.17, 15) is 14.7 Å². The zero-order valence-corrected chi connectivity index (χ0v) is 16.8. The zero-order chi connectivity index (χ0) is 20.8. The van der Waals surface area contributed by atoms with Crippen molar-refractivity contribution in [3.63, 3.8) is 0 Å². The number of hydrogen-bond donors (Lipinski definition) is 3. The number of amides is 2. The van der Waals surface area contributed by atoms with Gasteiger partial charge in [-0.2, -0.15) is 0 Å². The molecule has 3 N–H and O–H groups in total. The molecule has 2 heterocycles. The molecule has 2 amide bonds. The molecule has 0 fully saturated rings. The SMILES string of the molecule is CC(C)CC(NC(=O)c1cc2ccccc2o1)C(=O)N[C@H]1CC=CCOC[C@H]1O. The van der Waals surface area contributed by atoms with Crippen LogP contribution in [0, 0.1) is 5.92 Å². The molecule has 3 atom stereocenters. The molecule has 0 spiro atoms. The maximum Gasteiger partial charge on any atom is 0.287 e. The molecule has 156 valence electrons. The van der Waals surface area contributed by atoms with Crippen LogP contribution in [0.1, 0.15) is 37.2 Å². The second kappa shape index (κ2) is 9.71. The minimum Gasteiger partial charge on any atom is -0.451 e. The van der Waals surface area contributed by atoms with Gasteiger partial charge in [0, 0.05) is 5.39 Å². The topological polar surface area (TPSA) is 101 Å². The number of para-hydroxylation sites is 1. The standard InChI is InChI=1S/C22H28N2O5/c1-14(2)11-17(21(26)23-16-8-5-6-10-28-13-18(16)25)24-22(27)20-12-15-7-3-4-9-19(15)29-20/h3-7,9,12,14,16-18,25H,8,10-11,13H2,1-2H3,(H,23,26)(H,24,27)/t16-,17?,18+/m0/s1. The molecule has 1 aromatic heterocycles.